The van der Waals surface area contributed by atoms with Gasteiger partial charge in [0.15, 0.2) is 0 Å². The number of amides is 2. The van der Waals surface area contributed by atoms with Gasteiger partial charge < -0.3 is 15.5 Å². The van der Waals surface area contributed by atoms with Gasteiger partial charge in [0.1, 0.15) is 0 Å². The van der Waals surface area contributed by atoms with Gasteiger partial charge in [-0.25, -0.2) is 0 Å². The number of nitrogens with two attached hydrogens (primary N) is 1. The molecule has 1 aromatic carbocycles. The lowest BCUT2D eigenvalue weighted by Gasteiger charge is -2.24. The van der Waals surface area contributed by atoms with E-state index < -0.39 is 0 Å². The van der Waals surface area contributed by atoms with Crippen LogP contribution in [0.5, 0.6) is 0 Å². The number of hydrogen-bond donors (Lipinski definition) is 1. The number of anilines is 2. The zero-order chi connectivity index (χ0) is 14.0. The van der Waals surface area contributed by atoms with Crippen LogP contribution in [-0.4, -0.2) is 32.0 Å². The van der Waals surface area contributed by atoms with Crippen molar-refractivity contribution in [3.8, 4) is 0 Å². The molecule has 5 heteroatoms. The molecule has 2 rings (SSSR count). The highest BCUT2D eigenvalue weighted by Gasteiger charge is 2.26. The van der Waals surface area contributed by atoms with Crippen LogP contribution in [0, 0.1) is 0 Å². The third kappa shape index (κ3) is 2.46. The standard InChI is InChI=1S/C14H19N3O2/c1-3-10-4-5-11-12(8-10)17(14(19)9-15)7-6-13(18)16(11)2/h4-5,8H,3,6-7,9,15H2,1-2H3. The van der Waals surface area contributed by atoms with Gasteiger partial charge in [0.2, 0.25) is 11.8 Å². The van der Waals surface area contributed by atoms with E-state index in [9.17, 15) is 9.59 Å². The molecular formula is C14H19N3O2. The maximum absolute atomic E-state index is 12.0. The normalized spacial score (nSPS) is 15.2. The highest BCUT2D eigenvalue weighted by molar-refractivity contribution is 6.05. The highest BCUT2D eigenvalue weighted by atomic mass is 16.2. The number of carbonyl (C=O) groups excluding carboxylic acids is 2. The molecule has 1 aromatic rings. The summed E-state index contributed by atoms with van der Waals surface area (Å²) in [7, 11) is 1.74. The molecule has 0 saturated heterocycles. The molecule has 0 bridgehead atoms. The third-order valence-corrected chi connectivity index (χ3v) is 3.50. The van der Waals surface area contributed by atoms with Crippen molar-refractivity contribution < 1.29 is 9.59 Å². The number of nitrogens with zero attached hydrogens (tertiary/aromatic N) is 2. The first-order valence-electron chi connectivity index (χ1n) is 6.48. The van der Waals surface area contributed by atoms with E-state index >= 15 is 0 Å². The Labute approximate surface area is 113 Å². The van der Waals surface area contributed by atoms with E-state index in [-0.39, 0.29) is 18.4 Å². The Bertz CT molecular complexity index is 513. The maximum atomic E-state index is 12.0. The molecule has 0 spiro atoms. The molecule has 0 unspecified atom stereocenters. The number of fused-ring (bicyclic) bond motifs is 1. The molecule has 1 heterocycles. The summed E-state index contributed by atoms with van der Waals surface area (Å²) < 4.78 is 0. The fraction of sp³-hybridized carbons (Fsp3) is 0.429. The monoisotopic (exact) mass is 261 g/mol. The Morgan fingerprint density at radius 1 is 1.37 bits per heavy atom. The minimum atomic E-state index is -0.155. The first-order chi connectivity index (χ1) is 9.08. The van der Waals surface area contributed by atoms with Crippen LogP contribution in [-0.2, 0) is 16.0 Å². The number of rotatable bonds is 2. The van der Waals surface area contributed by atoms with Gasteiger partial charge in [-0.3, -0.25) is 9.59 Å². The lowest BCUT2D eigenvalue weighted by atomic mass is 10.1. The lowest BCUT2D eigenvalue weighted by Crippen LogP contribution is -2.36. The molecule has 2 N–H and O–H groups in total. The number of benzene rings is 1. The fourth-order valence-corrected chi connectivity index (χ4v) is 2.29. The Balaban J connectivity index is 2.54. The van der Waals surface area contributed by atoms with Gasteiger partial charge in [0.25, 0.3) is 0 Å². The molecule has 5 nitrogen and oxygen atoms in total. The fourth-order valence-electron chi connectivity index (χ4n) is 2.29. The van der Waals surface area contributed by atoms with E-state index in [1.54, 1.807) is 16.8 Å². The van der Waals surface area contributed by atoms with Crippen molar-refractivity contribution in [3.63, 3.8) is 0 Å². The predicted octanol–water partition coefficient (Wildman–Crippen LogP) is 0.907. The Morgan fingerprint density at radius 3 is 2.74 bits per heavy atom. The summed E-state index contributed by atoms with van der Waals surface area (Å²) in [6.07, 6.45) is 1.20. The number of hydrogen-bond acceptors (Lipinski definition) is 3. The molecule has 0 aromatic heterocycles. The second kappa shape index (κ2) is 5.40. The molecule has 0 atom stereocenters. The molecule has 2 amide bonds. The minimum absolute atomic E-state index is 0.0119. The molecule has 19 heavy (non-hydrogen) atoms. The maximum Gasteiger partial charge on any atom is 0.240 e. The van der Waals surface area contributed by atoms with Crippen molar-refractivity contribution in [1.82, 2.24) is 0 Å². The molecule has 0 radical (unpaired) electrons. The zero-order valence-electron chi connectivity index (χ0n) is 11.3. The average Bonchev–Trinajstić information content (AvgIpc) is 2.56. The highest BCUT2D eigenvalue weighted by Crippen LogP contribution is 2.33. The van der Waals surface area contributed by atoms with Crippen LogP contribution < -0.4 is 15.5 Å². The Kier molecular flexibility index (Phi) is 3.85. The van der Waals surface area contributed by atoms with E-state index in [4.69, 9.17) is 5.73 Å². The van der Waals surface area contributed by atoms with Gasteiger partial charge in [-0.05, 0) is 24.1 Å². The molecule has 0 fully saturated rings. The molecule has 1 aliphatic rings. The van der Waals surface area contributed by atoms with E-state index in [0.717, 1.165) is 23.4 Å². The Hall–Kier alpha value is -1.88. The van der Waals surface area contributed by atoms with Gasteiger partial charge >= 0.3 is 0 Å². The van der Waals surface area contributed by atoms with E-state index in [2.05, 4.69) is 6.92 Å². The van der Waals surface area contributed by atoms with Gasteiger partial charge in [-0.1, -0.05) is 13.0 Å². The summed E-state index contributed by atoms with van der Waals surface area (Å²) in [5, 5.41) is 0. The first-order valence-corrected chi connectivity index (χ1v) is 6.48. The summed E-state index contributed by atoms with van der Waals surface area (Å²) in [5.74, 6) is -0.143. The number of aryl methyl sites for hydroxylation is 1. The van der Waals surface area contributed by atoms with Crippen LogP contribution >= 0.6 is 0 Å². The summed E-state index contributed by atoms with van der Waals surface area (Å²) >= 11 is 0. The van der Waals surface area contributed by atoms with Crippen LogP contribution in [0.25, 0.3) is 0 Å². The predicted molar refractivity (Wildman–Crippen MR) is 75.3 cm³/mol. The first kappa shape index (κ1) is 13.5. The van der Waals surface area contributed by atoms with E-state index in [1.165, 1.54) is 0 Å². The molecule has 102 valence electrons. The van der Waals surface area contributed by atoms with Crippen molar-refractivity contribution in [3.05, 3.63) is 23.8 Å². The smallest absolute Gasteiger partial charge is 0.240 e. The quantitative estimate of drug-likeness (QED) is 0.860. The summed E-state index contributed by atoms with van der Waals surface area (Å²) in [6, 6.07) is 5.85. The average molecular weight is 261 g/mol. The second-order valence-electron chi connectivity index (χ2n) is 4.63. The SMILES string of the molecule is CCc1ccc2c(c1)N(C(=O)CN)CCC(=O)N2C. The van der Waals surface area contributed by atoms with Crippen molar-refractivity contribution >= 4 is 23.2 Å². The van der Waals surface area contributed by atoms with Gasteiger partial charge in [-0.15, -0.1) is 0 Å². The topological polar surface area (TPSA) is 66.6 Å². The van der Waals surface area contributed by atoms with Crippen molar-refractivity contribution in [2.24, 2.45) is 5.73 Å². The lowest BCUT2D eigenvalue weighted by molar-refractivity contribution is -0.118. The van der Waals surface area contributed by atoms with Crippen molar-refractivity contribution in [2.45, 2.75) is 19.8 Å². The van der Waals surface area contributed by atoms with Crippen LogP contribution in [0.4, 0.5) is 11.4 Å². The van der Waals surface area contributed by atoms with Crippen molar-refractivity contribution in [2.75, 3.05) is 29.9 Å². The van der Waals surface area contributed by atoms with Crippen LogP contribution in [0.1, 0.15) is 18.9 Å². The molecular weight excluding hydrogens is 242 g/mol. The molecule has 1 aliphatic heterocycles. The largest absolute Gasteiger partial charge is 0.322 e. The molecule has 0 saturated carbocycles. The van der Waals surface area contributed by atoms with E-state index in [1.807, 2.05) is 18.2 Å². The van der Waals surface area contributed by atoms with Crippen LogP contribution in [0.15, 0.2) is 18.2 Å². The van der Waals surface area contributed by atoms with Crippen molar-refractivity contribution in [1.29, 1.82) is 0 Å². The minimum Gasteiger partial charge on any atom is -0.322 e. The van der Waals surface area contributed by atoms with Crippen LogP contribution in [0.2, 0.25) is 0 Å². The van der Waals surface area contributed by atoms with Crippen LogP contribution in [0.3, 0.4) is 0 Å². The second-order valence-corrected chi connectivity index (χ2v) is 4.63. The summed E-state index contributed by atoms with van der Waals surface area (Å²) in [5.41, 5.74) is 8.14. The van der Waals surface area contributed by atoms with Gasteiger partial charge in [-0.2, -0.15) is 0 Å². The Morgan fingerprint density at radius 2 is 2.11 bits per heavy atom. The third-order valence-electron chi connectivity index (χ3n) is 3.50. The van der Waals surface area contributed by atoms with E-state index in [0.29, 0.717) is 13.0 Å². The summed E-state index contributed by atoms with van der Waals surface area (Å²) in [6.45, 7) is 2.40. The molecule has 0 aliphatic carbocycles. The zero-order valence-corrected chi connectivity index (χ0v) is 11.3. The summed E-state index contributed by atoms with van der Waals surface area (Å²) in [4.78, 5) is 27.1. The van der Waals surface area contributed by atoms with Gasteiger partial charge in [0, 0.05) is 20.0 Å². The van der Waals surface area contributed by atoms with Gasteiger partial charge in [0.05, 0.1) is 17.9 Å². The number of carbonyl (C=O) groups is 2.